The molecule has 0 bridgehead atoms. The molecule has 0 saturated carbocycles. The number of hydrogen-bond donors (Lipinski definition) is 2. The van der Waals surface area contributed by atoms with Crippen LogP contribution < -0.4 is 11.1 Å². The minimum Gasteiger partial charge on any atom is -0.330 e. The Morgan fingerprint density at radius 1 is 1.40 bits per heavy atom. The summed E-state index contributed by atoms with van der Waals surface area (Å²) in [4.78, 5) is 11.4. The first-order chi connectivity index (χ1) is 7.27. The molecular weight excluding hydrogens is 188 g/mol. The second-order valence-electron chi connectivity index (χ2n) is 3.49. The summed E-state index contributed by atoms with van der Waals surface area (Å²) in [5, 5.41) is 2.88. The lowest BCUT2D eigenvalue weighted by Gasteiger charge is -2.09. The van der Waals surface area contributed by atoms with Crippen molar-refractivity contribution in [3.63, 3.8) is 0 Å². The van der Waals surface area contributed by atoms with Crippen molar-refractivity contribution in [2.24, 2.45) is 5.73 Å². The third-order valence-corrected chi connectivity index (χ3v) is 2.18. The number of nitrogens with one attached hydrogen (secondary N) is 1. The Labute approximate surface area is 90.7 Å². The number of anilines is 1. The van der Waals surface area contributed by atoms with Crippen LogP contribution in [0.2, 0.25) is 0 Å². The fourth-order valence-electron chi connectivity index (χ4n) is 1.47. The summed E-state index contributed by atoms with van der Waals surface area (Å²) in [5.41, 5.74) is 7.42. The van der Waals surface area contributed by atoms with Gasteiger partial charge in [0.1, 0.15) is 0 Å². The summed E-state index contributed by atoms with van der Waals surface area (Å²) in [6.45, 7) is 2.51. The third kappa shape index (κ3) is 3.72. The van der Waals surface area contributed by atoms with E-state index in [9.17, 15) is 4.79 Å². The van der Waals surface area contributed by atoms with E-state index in [2.05, 4.69) is 12.2 Å². The first-order valence-electron chi connectivity index (χ1n) is 5.35. The highest BCUT2D eigenvalue weighted by Crippen LogP contribution is 2.16. The van der Waals surface area contributed by atoms with Gasteiger partial charge in [-0.2, -0.15) is 0 Å². The molecule has 1 rings (SSSR count). The number of benzene rings is 1. The molecule has 0 saturated heterocycles. The van der Waals surface area contributed by atoms with Gasteiger partial charge in [0, 0.05) is 18.7 Å². The number of aryl methyl sites for hydroxylation is 1. The van der Waals surface area contributed by atoms with E-state index >= 15 is 0 Å². The molecule has 0 aliphatic heterocycles. The maximum atomic E-state index is 11.4. The molecule has 0 aromatic heterocycles. The van der Waals surface area contributed by atoms with Gasteiger partial charge in [-0.1, -0.05) is 31.5 Å². The van der Waals surface area contributed by atoms with E-state index in [4.69, 9.17) is 5.73 Å². The van der Waals surface area contributed by atoms with Crippen molar-refractivity contribution in [2.75, 3.05) is 11.9 Å². The average molecular weight is 206 g/mol. The monoisotopic (exact) mass is 206 g/mol. The molecule has 3 N–H and O–H groups in total. The Hall–Kier alpha value is -1.35. The summed E-state index contributed by atoms with van der Waals surface area (Å²) < 4.78 is 0. The van der Waals surface area contributed by atoms with E-state index in [0.29, 0.717) is 13.0 Å². The second-order valence-corrected chi connectivity index (χ2v) is 3.49. The van der Waals surface area contributed by atoms with Crippen LogP contribution in [0.1, 0.15) is 25.3 Å². The average Bonchev–Trinajstić information content (AvgIpc) is 2.21. The largest absolute Gasteiger partial charge is 0.330 e. The number of hydrogen-bond acceptors (Lipinski definition) is 2. The van der Waals surface area contributed by atoms with Crippen molar-refractivity contribution in [1.29, 1.82) is 0 Å². The molecule has 0 aliphatic rings. The van der Waals surface area contributed by atoms with Crippen LogP contribution in [0.25, 0.3) is 0 Å². The van der Waals surface area contributed by atoms with E-state index in [1.807, 2.05) is 24.3 Å². The van der Waals surface area contributed by atoms with Crippen LogP contribution in [0.5, 0.6) is 0 Å². The van der Waals surface area contributed by atoms with Gasteiger partial charge in [-0.25, -0.2) is 0 Å². The summed E-state index contributed by atoms with van der Waals surface area (Å²) in [6, 6.07) is 7.89. The zero-order chi connectivity index (χ0) is 11.1. The molecule has 0 atom stereocenters. The predicted octanol–water partition coefficient (Wildman–Crippen LogP) is 1.93. The molecule has 0 radical (unpaired) electrons. The molecule has 0 heterocycles. The van der Waals surface area contributed by atoms with Crippen LogP contribution in [0.4, 0.5) is 5.69 Å². The van der Waals surface area contributed by atoms with E-state index in [1.165, 1.54) is 5.56 Å². The zero-order valence-corrected chi connectivity index (χ0v) is 9.12. The van der Waals surface area contributed by atoms with Gasteiger partial charge in [0.05, 0.1) is 0 Å². The van der Waals surface area contributed by atoms with Crippen molar-refractivity contribution in [2.45, 2.75) is 26.2 Å². The Morgan fingerprint density at radius 2 is 2.13 bits per heavy atom. The molecule has 3 nitrogen and oxygen atoms in total. The summed E-state index contributed by atoms with van der Waals surface area (Å²) in [7, 11) is 0. The molecule has 0 fully saturated rings. The van der Waals surface area contributed by atoms with Gasteiger partial charge in [-0.3, -0.25) is 4.79 Å². The summed E-state index contributed by atoms with van der Waals surface area (Å²) in [6.07, 6.45) is 2.43. The number of rotatable bonds is 5. The highest BCUT2D eigenvalue weighted by atomic mass is 16.1. The molecule has 1 aromatic rings. The Kier molecular flexibility index (Phi) is 4.84. The quantitative estimate of drug-likeness (QED) is 0.773. The lowest BCUT2D eigenvalue weighted by atomic mass is 10.1. The molecule has 0 unspecified atom stereocenters. The minimum atomic E-state index is -0.0129. The van der Waals surface area contributed by atoms with E-state index in [1.54, 1.807) is 0 Å². The summed E-state index contributed by atoms with van der Waals surface area (Å²) in [5.74, 6) is -0.0129. The van der Waals surface area contributed by atoms with Crippen molar-refractivity contribution in [3.05, 3.63) is 29.8 Å². The van der Waals surface area contributed by atoms with Gasteiger partial charge >= 0.3 is 0 Å². The van der Waals surface area contributed by atoms with Crippen LogP contribution in [0.15, 0.2) is 24.3 Å². The molecule has 1 aromatic carbocycles. The number of para-hydroxylation sites is 1. The number of carbonyl (C=O) groups is 1. The van der Waals surface area contributed by atoms with E-state index in [0.717, 1.165) is 18.5 Å². The van der Waals surface area contributed by atoms with Gasteiger partial charge in [-0.05, 0) is 18.1 Å². The van der Waals surface area contributed by atoms with Gasteiger partial charge in [-0.15, -0.1) is 0 Å². The third-order valence-electron chi connectivity index (χ3n) is 2.18. The summed E-state index contributed by atoms with van der Waals surface area (Å²) >= 11 is 0. The number of carbonyl (C=O) groups excluding carboxylic acids is 1. The van der Waals surface area contributed by atoms with Crippen LogP contribution in [-0.2, 0) is 11.2 Å². The molecule has 0 aliphatic carbocycles. The first kappa shape index (κ1) is 11.7. The highest BCUT2D eigenvalue weighted by Gasteiger charge is 2.04. The van der Waals surface area contributed by atoms with Crippen LogP contribution in [-0.4, -0.2) is 12.5 Å². The fraction of sp³-hybridized carbons (Fsp3) is 0.417. The van der Waals surface area contributed by atoms with Gasteiger partial charge in [0.25, 0.3) is 0 Å². The van der Waals surface area contributed by atoms with Crippen LogP contribution in [0, 0.1) is 0 Å². The number of nitrogens with two attached hydrogens (primary N) is 1. The van der Waals surface area contributed by atoms with E-state index < -0.39 is 0 Å². The SMILES string of the molecule is CCCc1ccccc1NC(=O)CCN. The molecule has 82 valence electrons. The first-order valence-corrected chi connectivity index (χ1v) is 5.35. The molecular formula is C12H18N2O. The Morgan fingerprint density at radius 3 is 2.80 bits per heavy atom. The van der Waals surface area contributed by atoms with Crippen LogP contribution in [0.3, 0.4) is 0 Å². The van der Waals surface area contributed by atoms with E-state index in [-0.39, 0.29) is 5.91 Å². The smallest absolute Gasteiger partial charge is 0.225 e. The highest BCUT2D eigenvalue weighted by molar-refractivity contribution is 5.91. The molecule has 0 spiro atoms. The molecule has 15 heavy (non-hydrogen) atoms. The van der Waals surface area contributed by atoms with Crippen molar-refractivity contribution >= 4 is 11.6 Å². The maximum Gasteiger partial charge on any atom is 0.225 e. The van der Waals surface area contributed by atoms with Crippen LogP contribution >= 0.6 is 0 Å². The standard InChI is InChI=1S/C12H18N2O/c1-2-5-10-6-3-4-7-11(10)14-12(15)8-9-13/h3-4,6-7H,2,5,8-9,13H2,1H3,(H,14,15). The minimum absolute atomic E-state index is 0.0129. The topological polar surface area (TPSA) is 55.1 Å². The predicted molar refractivity (Wildman–Crippen MR) is 62.7 cm³/mol. The van der Waals surface area contributed by atoms with Gasteiger partial charge < -0.3 is 11.1 Å². The lowest BCUT2D eigenvalue weighted by Crippen LogP contribution is -2.17. The second kappa shape index (κ2) is 6.19. The van der Waals surface area contributed by atoms with Crippen molar-refractivity contribution in [3.8, 4) is 0 Å². The lowest BCUT2D eigenvalue weighted by molar-refractivity contribution is -0.116. The number of amides is 1. The van der Waals surface area contributed by atoms with Gasteiger partial charge in [0.2, 0.25) is 5.91 Å². The Bertz CT molecular complexity index is 323. The normalized spacial score (nSPS) is 10.0. The molecule has 1 amide bonds. The van der Waals surface area contributed by atoms with Crippen molar-refractivity contribution < 1.29 is 4.79 Å². The fourth-order valence-corrected chi connectivity index (χ4v) is 1.47. The maximum absolute atomic E-state index is 11.4. The molecule has 3 heteroatoms. The van der Waals surface area contributed by atoms with Crippen molar-refractivity contribution in [1.82, 2.24) is 0 Å². The van der Waals surface area contributed by atoms with Gasteiger partial charge in [0.15, 0.2) is 0 Å². The Balaban J connectivity index is 2.70. The zero-order valence-electron chi connectivity index (χ0n) is 9.12.